The molecule has 70 valence electrons. The molecule has 0 unspecified atom stereocenters. The minimum atomic E-state index is -0.974. The lowest BCUT2D eigenvalue weighted by Crippen LogP contribution is -2.15. The molecule has 0 aliphatic carbocycles. The highest BCUT2D eigenvalue weighted by Gasteiger charge is 2.14. The normalized spacial score (nSPS) is 12.5. The maximum Gasteiger partial charge on any atom is 0.328 e. The predicted octanol–water partition coefficient (Wildman–Crippen LogP) is 0.731. The van der Waals surface area contributed by atoms with Gasteiger partial charge in [0.15, 0.2) is 5.78 Å². The van der Waals surface area contributed by atoms with Crippen molar-refractivity contribution in [1.82, 2.24) is 9.78 Å². The van der Waals surface area contributed by atoms with Gasteiger partial charge in [-0.3, -0.25) is 9.48 Å². The van der Waals surface area contributed by atoms with Gasteiger partial charge in [0, 0.05) is 6.20 Å². The number of carboxylic acid groups (broad SMARTS) is 1. The number of nitrogens with zero attached hydrogens (tertiary/aromatic N) is 2. The van der Waals surface area contributed by atoms with Crippen LogP contribution in [0.2, 0.25) is 0 Å². The molecule has 0 saturated carbocycles. The summed E-state index contributed by atoms with van der Waals surface area (Å²) in [4.78, 5) is 21.4. The largest absolute Gasteiger partial charge is 0.480 e. The van der Waals surface area contributed by atoms with Crippen LogP contribution in [0, 0.1) is 0 Å². The average Bonchev–Trinajstić information content (AvgIpc) is 2.50. The van der Waals surface area contributed by atoms with Gasteiger partial charge in [-0.15, -0.1) is 0 Å². The second kappa shape index (κ2) is 3.38. The number of hydrogen-bond donors (Lipinski definition) is 1. The van der Waals surface area contributed by atoms with Crippen molar-refractivity contribution in [2.24, 2.45) is 0 Å². The molecule has 0 aliphatic rings. The molecule has 5 nitrogen and oxygen atoms in total. The van der Waals surface area contributed by atoms with Gasteiger partial charge in [-0.25, -0.2) is 4.79 Å². The standard InChI is InChI=1S/C8H10N2O3/c1-5(8(12)13)10-4-7(3-9-10)6(2)11/h3-5H,1-2H3,(H,12,13)/t5-/m1/s1. The molecule has 0 radical (unpaired) electrons. The van der Waals surface area contributed by atoms with Crippen molar-refractivity contribution in [2.75, 3.05) is 0 Å². The molecule has 1 aromatic rings. The summed E-state index contributed by atoms with van der Waals surface area (Å²) in [5.74, 6) is -1.10. The monoisotopic (exact) mass is 182 g/mol. The Morgan fingerprint density at radius 1 is 1.62 bits per heavy atom. The van der Waals surface area contributed by atoms with Crippen molar-refractivity contribution >= 4 is 11.8 Å². The summed E-state index contributed by atoms with van der Waals surface area (Å²) in [7, 11) is 0. The quantitative estimate of drug-likeness (QED) is 0.699. The van der Waals surface area contributed by atoms with Crippen LogP contribution in [0.3, 0.4) is 0 Å². The zero-order valence-electron chi connectivity index (χ0n) is 7.39. The number of aromatic nitrogens is 2. The Labute approximate surface area is 75.0 Å². The van der Waals surface area contributed by atoms with Crippen LogP contribution in [-0.2, 0) is 4.79 Å². The van der Waals surface area contributed by atoms with Crippen LogP contribution in [0.5, 0.6) is 0 Å². The number of ketones is 1. The predicted molar refractivity (Wildman–Crippen MR) is 44.6 cm³/mol. The van der Waals surface area contributed by atoms with Gasteiger partial charge < -0.3 is 5.11 Å². The maximum absolute atomic E-state index is 10.9. The molecule has 1 rings (SSSR count). The highest BCUT2D eigenvalue weighted by Crippen LogP contribution is 2.06. The Kier molecular flexibility index (Phi) is 2.46. The lowest BCUT2D eigenvalue weighted by molar-refractivity contribution is -0.140. The summed E-state index contributed by atoms with van der Waals surface area (Å²) in [6.07, 6.45) is 2.79. The van der Waals surface area contributed by atoms with Gasteiger partial charge in [0.1, 0.15) is 6.04 Å². The molecule has 1 N–H and O–H groups in total. The van der Waals surface area contributed by atoms with Gasteiger partial charge in [0.25, 0.3) is 0 Å². The fraction of sp³-hybridized carbons (Fsp3) is 0.375. The number of Topliss-reactive ketones (excluding diaryl/α,β-unsaturated/α-hetero) is 1. The fourth-order valence-electron chi connectivity index (χ4n) is 0.845. The number of carbonyl (C=O) groups excluding carboxylic acids is 1. The smallest absolute Gasteiger partial charge is 0.328 e. The molecule has 0 bridgehead atoms. The van der Waals surface area contributed by atoms with E-state index in [2.05, 4.69) is 5.10 Å². The van der Waals surface area contributed by atoms with Crippen LogP contribution >= 0.6 is 0 Å². The van der Waals surface area contributed by atoms with Crippen LogP contribution in [0.25, 0.3) is 0 Å². The molecule has 0 fully saturated rings. The fourth-order valence-corrected chi connectivity index (χ4v) is 0.845. The van der Waals surface area contributed by atoms with E-state index in [9.17, 15) is 9.59 Å². The molecule has 1 heterocycles. The van der Waals surface area contributed by atoms with Gasteiger partial charge in [0.2, 0.25) is 0 Å². The molecule has 1 aromatic heterocycles. The molecular formula is C8H10N2O3. The third-order valence-electron chi connectivity index (χ3n) is 1.76. The van der Waals surface area contributed by atoms with Crippen LogP contribution < -0.4 is 0 Å². The third-order valence-corrected chi connectivity index (χ3v) is 1.76. The SMILES string of the molecule is CC(=O)c1cnn([C@H](C)C(=O)O)c1. The van der Waals surface area contributed by atoms with E-state index in [1.807, 2.05) is 0 Å². The number of hydrogen-bond acceptors (Lipinski definition) is 3. The van der Waals surface area contributed by atoms with Crippen molar-refractivity contribution in [3.63, 3.8) is 0 Å². The highest BCUT2D eigenvalue weighted by atomic mass is 16.4. The van der Waals surface area contributed by atoms with E-state index in [4.69, 9.17) is 5.11 Å². The van der Waals surface area contributed by atoms with Crippen molar-refractivity contribution in [1.29, 1.82) is 0 Å². The number of carboxylic acids is 1. The van der Waals surface area contributed by atoms with Crippen LogP contribution in [0.15, 0.2) is 12.4 Å². The molecule has 0 aromatic carbocycles. The lowest BCUT2D eigenvalue weighted by Gasteiger charge is -2.04. The van der Waals surface area contributed by atoms with E-state index in [1.165, 1.54) is 30.9 Å². The van der Waals surface area contributed by atoms with Crippen LogP contribution in [-0.4, -0.2) is 26.6 Å². The van der Waals surface area contributed by atoms with Crippen molar-refractivity contribution in [2.45, 2.75) is 19.9 Å². The van der Waals surface area contributed by atoms with Gasteiger partial charge in [-0.05, 0) is 13.8 Å². The summed E-state index contributed by atoms with van der Waals surface area (Å²) in [5.41, 5.74) is 0.424. The van der Waals surface area contributed by atoms with E-state index < -0.39 is 12.0 Å². The summed E-state index contributed by atoms with van der Waals surface area (Å²) < 4.78 is 1.25. The Morgan fingerprint density at radius 2 is 2.23 bits per heavy atom. The lowest BCUT2D eigenvalue weighted by atomic mass is 10.2. The van der Waals surface area contributed by atoms with E-state index in [0.29, 0.717) is 5.56 Å². The van der Waals surface area contributed by atoms with Gasteiger partial charge in [-0.1, -0.05) is 0 Å². The maximum atomic E-state index is 10.9. The van der Waals surface area contributed by atoms with Crippen molar-refractivity contribution in [3.8, 4) is 0 Å². The van der Waals surface area contributed by atoms with E-state index in [1.54, 1.807) is 0 Å². The second-order valence-corrected chi connectivity index (χ2v) is 2.78. The molecular weight excluding hydrogens is 172 g/mol. The third kappa shape index (κ3) is 1.93. The van der Waals surface area contributed by atoms with Gasteiger partial charge in [-0.2, -0.15) is 5.10 Å². The molecule has 0 amide bonds. The zero-order valence-corrected chi connectivity index (χ0v) is 7.39. The average molecular weight is 182 g/mol. The van der Waals surface area contributed by atoms with Crippen LogP contribution in [0.1, 0.15) is 30.2 Å². The minimum absolute atomic E-state index is 0.121. The molecule has 1 atom stereocenters. The Balaban J connectivity index is 2.91. The molecule has 0 aliphatic heterocycles. The van der Waals surface area contributed by atoms with E-state index in [-0.39, 0.29) is 5.78 Å². The molecule has 13 heavy (non-hydrogen) atoms. The van der Waals surface area contributed by atoms with Crippen LogP contribution in [0.4, 0.5) is 0 Å². The minimum Gasteiger partial charge on any atom is -0.480 e. The number of aliphatic carboxylic acids is 1. The number of rotatable bonds is 3. The summed E-state index contributed by atoms with van der Waals surface area (Å²) in [6, 6.07) is -0.742. The van der Waals surface area contributed by atoms with Crippen molar-refractivity contribution < 1.29 is 14.7 Å². The first-order valence-corrected chi connectivity index (χ1v) is 3.80. The van der Waals surface area contributed by atoms with E-state index >= 15 is 0 Å². The summed E-state index contributed by atoms with van der Waals surface area (Å²) >= 11 is 0. The molecule has 0 spiro atoms. The number of carbonyl (C=O) groups is 2. The summed E-state index contributed by atoms with van der Waals surface area (Å²) in [5, 5.41) is 12.4. The topological polar surface area (TPSA) is 72.2 Å². The first-order chi connectivity index (χ1) is 6.02. The Hall–Kier alpha value is -1.65. The molecule has 0 saturated heterocycles. The highest BCUT2D eigenvalue weighted by molar-refractivity contribution is 5.93. The molecule has 5 heteroatoms. The first-order valence-electron chi connectivity index (χ1n) is 3.80. The Morgan fingerprint density at radius 3 is 2.62 bits per heavy atom. The first kappa shape index (κ1) is 9.44. The van der Waals surface area contributed by atoms with Gasteiger partial charge >= 0.3 is 5.97 Å². The Bertz CT molecular complexity index is 343. The van der Waals surface area contributed by atoms with E-state index in [0.717, 1.165) is 0 Å². The zero-order chi connectivity index (χ0) is 10.0. The van der Waals surface area contributed by atoms with Gasteiger partial charge in [0.05, 0.1) is 11.8 Å². The summed E-state index contributed by atoms with van der Waals surface area (Å²) in [6.45, 7) is 2.91. The van der Waals surface area contributed by atoms with Crippen molar-refractivity contribution in [3.05, 3.63) is 18.0 Å². The second-order valence-electron chi connectivity index (χ2n) is 2.78.